The van der Waals surface area contributed by atoms with Gasteiger partial charge >= 0.3 is 0 Å². The van der Waals surface area contributed by atoms with E-state index in [9.17, 15) is 17.2 Å². The number of aryl methyl sites for hydroxylation is 1. The van der Waals surface area contributed by atoms with Gasteiger partial charge in [0, 0.05) is 0 Å². The van der Waals surface area contributed by atoms with Gasteiger partial charge in [0.15, 0.2) is 5.82 Å². The molecule has 0 unspecified atom stereocenters. The van der Waals surface area contributed by atoms with E-state index in [1.807, 2.05) is 13.0 Å². The number of benzene rings is 3. The summed E-state index contributed by atoms with van der Waals surface area (Å²) in [7, 11) is -4.14. The lowest BCUT2D eigenvalue weighted by molar-refractivity contribution is 0.582. The van der Waals surface area contributed by atoms with Crippen molar-refractivity contribution < 1.29 is 17.2 Å². The first-order valence-corrected chi connectivity index (χ1v) is 10.1. The molecule has 3 aromatic carbocycles. The molecule has 4 rings (SSSR count). The zero-order valence-corrected chi connectivity index (χ0v) is 15.7. The second-order valence-corrected chi connectivity index (χ2v) is 8.04. The molecule has 1 aromatic heterocycles. The largest absolute Gasteiger partial charge is 0.269 e. The highest BCUT2D eigenvalue weighted by atomic mass is 32.2. The van der Waals surface area contributed by atoms with E-state index in [0.29, 0.717) is 11.9 Å². The van der Waals surface area contributed by atoms with Crippen molar-refractivity contribution in [2.75, 3.05) is 0 Å². The van der Waals surface area contributed by atoms with E-state index in [1.54, 1.807) is 30.3 Å². The molecule has 0 aliphatic carbocycles. The summed E-state index contributed by atoms with van der Waals surface area (Å²) in [6.45, 7) is 1.91. The van der Waals surface area contributed by atoms with E-state index in [2.05, 4.69) is 4.98 Å². The molecule has 4 aromatic rings. The number of hydrogen-bond acceptors (Lipinski definition) is 3. The van der Waals surface area contributed by atoms with Crippen LogP contribution in [0.3, 0.4) is 0 Å². The van der Waals surface area contributed by atoms with Crippen molar-refractivity contribution in [3.05, 3.63) is 83.9 Å². The Kier molecular flexibility index (Phi) is 4.47. The summed E-state index contributed by atoms with van der Waals surface area (Å²) in [6.07, 6.45) is 0.596. The minimum absolute atomic E-state index is 0.00852. The van der Waals surface area contributed by atoms with Gasteiger partial charge in [0.05, 0.1) is 21.5 Å². The molecule has 0 amide bonds. The Morgan fingerprint density at radius 3 is 2.18 bits per heavy atom. The van der Waals surface area contributed by atoms with E-state index in [4.69, 9.17) is 0 Å². The van der Waals surface area contributed by atoms with Crippen molar-refractivity contribution in [3.8, 4) is 11.4 Å². The van der Waals surface area contributed by atoms with Crippen LogP contribution in [0.5, 0.6) is 0 Å². The number of aromatic nitrogens is 2. The first-order valence-electron chi connectivity index (χ1n) is 8.70. The van der Waals surface area contributed by atoms with E-state index in [-0.39, 0.29) is 16.2 Å². The van der Waals surface area contributed by atoms with Crippen molar-refractivity contribution in [1.29, 1.82) is 0 Å². The molecule has 0 N–H and O–H groups in total. The molecule has 4 nitrogen and oxygen atoms in total. The maximum absolute atomic E-state index is 14.5. The van der Waals surface area contributed by atoms with E-state index in [0.717, 1.165) is 21.7 Å². The van der Waals surface area contributed by atoms with Gasteiger partial charge in [0.2, 0.25) is 0 Å². The summed E-state index contributed by atoms with van der Waals surface area (Å²) in [5.74, 6) is -2.04. The molecule has 142 valence electrons. The summed E-state index contributed by atoms with van der Waals surface area (Å²) in [6, 6.07) is 16.2. The van der Waals surface area contributed by atoms with E-state index >= 15 is 0 Å². The van der Waals surface area contributed by atoms with Gasteiger partial charge in [-0.2, -0.15) is 0 Å². The first kappa shape index (κ1) is 18.3. The average Bonchev–Trinajstić information content (AvgIpc) is 3.08. The molecule has 0 atom stereocenters. The second-order valence-electron chi connectivity index (χ2n) is 6.25. The molecule has 0 aliphatic heterocycles. The van der Waals surface area contributed by atoms with Gasteiger partial charge in [0.1, 0.15) is 11.6 Å². The van der Waals surface area contributed by atoms with Crippen LogP contribution < -0.4 is 0 Å². The fourth-order valence-electron chi connectivity index (χ4n) is 3.23. The molecule has 1 heterocycles. The molecule has 0 radical (unpaired) electrons. The number of para-hydroxylation sites is 1. The molecule has 7 heteroatoms. The number of halogens is 2. The van der Waals surface area contributed by atoms with Crippen LogP contribution in [0, 0.1) is 11.6 Å². The summed E-state index contributed by atoms with van der Waals surface area (Å²) < 4.78 is 56.8. The van der Waals surface area contributed by atoms with Crippen molar-refractivity contribution in [1.82, 2.24) is 8.96 Å². The third-order valence-corrected chi connectivity index (χ3v) is 6.29. The molecular formula is C21H16F2N2O2S. The predicted octanol–water partition coefficient (Wildman–Crippen LogP) is 4.78. The Balaban J connectivity index is 2.16. The van der Waals surface area contributed by atoms with Crippen molar-refractivity contribution in [3.63, 3.8) is 0 Å². The molecule has 0 bridgehead atoms. The number of nitrogens with zero attached hydrogens (tertiary/aromatic N) is 2. The van der Waals surface area contributed by atoms with E-state index in [1.165, 1.54) is 18.2 Å². The number of rotatable bonds is 4. The maximum Gasteiger partial charge on any atom is 0.269 e. The normalized spacial score (nSPS) is 11.8. The maximum atomic E-state index is 14.5. The molecular weight excluding hydrogens is 382 g/mol. The second kappa shape index (κ2) is 6.83. The van der Waals surface area contributed by atoms with Gasteiger partial charge in [-0.05, 0) is 42.3 Å². The van der Waals surface area contributed by atoms with Crippen LogP contribution in [0.4, 0.5) is 8.78 Å². The van der Waals surface area contributed by atoms with Crippen LogP contribution in [0.2, 0.25) is 0 Å². The topological polar surface area (TPSA) is 52.0 Å². The molecule has 0 saturated carbocycles. The summed E-state index contributed by atoms with van der Waals surface area (Å²) in [5.41, 5.74) is 1.00. The van der Waals surface area contributed by atoms with Crippen LogP contribution >= 0.6 is 0 Å². The van der Waals surface area contributed by atoms with Crippen LogP contribution in [-0.2, 0) is 16.4 Å². The average molecular weight is 398 g/mol. The first-order chi connectivity index (χ1) is 13.4. The summed E-state index contributed by atoms with van der Waals surface area (Å²) in [4.78, 5) is 4.38. The Morgan fingerprint density at radius 1 is 0.893 bits per heavy atom. The quantitative estimate of drug-likeness (QED) is 0.497. The standard InChI is InChI=1S/C21H16F2N2O2S/c1-2-14-8-6-13-18-20(14)24-21(19-16(22)11-7-12-17(19)23)25(18)28(26,27)15-9-4-3-5-10-15/h3-13H,2H2,1H3. The fraction of sp³-hybridized carbons (Fsp3) is 0.0952. The predicted molar refractivity (Wildman–Crippen MR) is 103 cm³/mol. The lowest BCUT2D eigenvalue weighted by atomic mass is 10.1. The molecule has 0 fully saturated rings. The fourth-order valence-corrected chi connectivity index (χ4v) is 4.71. The van der Waals surface area contributed by atoms with Gasteiger partial charge in [-0.25, -0.2) is 26.2 Å². The third kappa shape index (κ3) is 2.79. The minimum atomic E-state index is -4.14. The zero-order valence-electron chi connectivity index (χ0n) is 14.9. The molecule has 0 saturated heterocycles. The van der Waals surface area contributed by atoms with Crippen LogP contribution in [0.25, 0.3) is 22.4 Å². The lowest BCUT2D eigenvalue weighted by Crippen LogP contribution is -2.15. The Morgan fingerprint density at radius 2 is 1.54 bits per heavy atom. The smallest absolute Gasteiger partial charge is 0.227 e. The van der Waals surface area contributed by atoms with Gasteiger partial charge < -0.3 is 0 Å². The van der Waals surface area contributed by atoms with Gasteiger partial charge in [0.25, 0.3) is 10.0 Å². The monoisotopic (exact) mass is 398 g/mol. The van der Waals surface area contributed by atoms with Crippen LogP contribution in [0.1, 0.15) is 12.5 Å². The van der Waals surface area contributed by atoms with Crippen molar-refractivity contribution in [2.45, 2.75) is 18.2 Å². The number of fused-ring (bicyclic) bond motifs is 1. The highest BCUT2D eigenvalue weighted by Crippen LogP contribution is 2.33. The lowest BCUT2D eigenvalue weighted by Gasteiger charge is -2.11. The van der Waals surface area contributed by atoms with Crippen molar-refractivity contribution >= 4 is 21.1 Å². The Hall–Kier alpha value is -3.06. The number of imidazole rings is 1. The molecule has 28 heavy (non-hydrogen) atoms. The van der Waals surface area contributed by atoms with Crippen LogP contribution in [-0.4, -0.2) is 17.4 Å². The summed E-state index contributed by atoms with van der Waals surface area (Å²) >= 11 is 0. The summed E-state index contributed by atoms with van der Waals surface area (Å²) in [5, 5.41) is 0. The zero-order chi connectivity index (χ0) is 19.9. The van der Waals surface area contributed by atoms with Gasteiger partial charge in [-0.1, -0.05) is 43.3 Å². The SMILES string of the molecule is CCc1cccc2c1nc(-c1c(F)cccc1F)n2S(=O)(=O)c1ccccc1. The van der Waals surface area contributed by atoms with Crippen molar-refractivity contribution in [2.24, 2.45) is 0 Å². The van der Waals surface area contributed by atoms with Crippen LogP contribution in [0.15, 0.2) is 71.6 Å². The minimum Gasteiger partial charge on any atom is -0.227 e. The highest BCUT2D eigenvalue weighted by molar-refractivity contribution is 7.90. The Bertz CT molecular complexity index is 1260. The van der Waals surface area contributed by atoms with Gasteiger partial charge in [-0.3, -0.25) is 0 Å². The van der Waals surface area contributed by atoms with E-state index < -0.39 is 27.2 Å². The molecule has 0 aliphatic rings. The molecule has 0 spiro atoms. The Labute approximate surface area is 161 Å². The van der Waals surface area contributed by atoms with Gasteiger partial charge in [-0.15, -0.1) is 0 Å². The third-order valence-electron chi connectivity index (χ3n) is 4.58. The highest BCUT2D eigenvalue weighted by Gasteiger charge is 2.28. The number of hydrogen-bond donors (Lipinski definition) is 0.